The molecule has 1 fully saturated rings. The molecule has 0 atom stereocenters. The van der Waals surface area contributed by atoms with E-state index in [0.29, 0.717) is 11.4 Å². The van der Waals surface area contributed by atoms with E-state index in [-0.39, 0.29) is 5.69 Å². The summed E-state index contributed by atoms with van der Waals surface area (Å²) in [6, 6.07) is 3.41. The van der Waals surface area contributed by atoms with Crippen LogP contribution in [0.1, 0.15) is 81.1 Å². The Balaban J connectivity index is 0.000000477. The van der Waals surface area contributed by atoms with Crippen molar-refractivity contribution in [1.82, 2.24) is 15.0 Å². The lowest BCUT2D eigenvalue weighted by atomic mass is 10.1. The Kier molecular flexibility index (Phi) is 15.4. The van der Waals surface area contributed by atoms with E-state index in [1.165, 1.54) is 23.8 Å². The maximum atomic E-state index is 11.8. The van der Waals surface area contributed by atoms with E-state index in [2.05, 4.69) is 52.0 Å². The minimum atomic E-state index is -0.581. The van der Waals surface area contributed by atoms with Crippen LogP contribution in [0.2, 0.25) is 0 Å². The van der Waals surface area contributed by atoms with Crippen LogP contribution in [-0.4, -0.2) is 60.2 Å². The molecule has 5 N–H and O–H groups in total. The van der Waals surface area contributed by atoms with Crippen molar-refractivity contribution >= 4 is 41.0 Å². The minimum Gasteiger partial charge on any atom is -0.366 e. The molecule has 40 heavy (non-hydrogen) atoms. The van der Waals surface area contributed by atoms with E-state index in [4.69, 9.17) is 11.5 Å². The van der Waals surface area contributed by atoms with Gasteiger partial charge in [-0.3, -0.25) is 9.59 Å². The van der Waals surface area contributed by atoms with Gasteiger partial charge in [-0.2, -0.15) is 0 Å². The molecule has 11 heteroatoms. The number of pyridine rings is 1. The largest absolute Gasteiger partial charge is 0.366 e. The van der Waals surface area contributed by atoms with Gasteiger partial charge in [0.1, 0.15) is 11.6 Å². The van der Waals surface area contributed by atoms with Crippen LogP contribution in [0.5, 0.6) is 0 Å². The number of nitrogens with one attached hydrogen (secondary N) is 1. The second-order valence-electron chi connectivity index (χ2n) is 9.16. The van der Waals surface area contributed by atoms with Gasteiger partial charge < -0.3 is 26.6 Å². The summed E-state index contributed by atoms with van der Waals surface area (Å²) in [6.07, 6.45) is 11.7. The second kappa shape index (κ2) is 17.9. The Morgan fingerprint density at radius 3 is 2.17 bits per heavy atom. The summed E-state index contributed by atoms with van der Waals surface area (Å²) in [4.78, 5) is 39.5. The van der Waals surface area contributed by atoms with Crippen LogP contribution in [0.4, 0.5) is 17.5 Å². The molecule has 0 aromatic carbocycles. The van der Waals surface area contributed by atoms with Crippen molar-refractivity contribution in [3.05, 3.63) is 58.0 Å². The van der Waals surface area contributed by atoms with Crippen molar-refractivity contribution in [2.75, 3.05) is 48.6 Å². The zero-order valence-electron chi connectivity index (χ0n) is 25.2. The number of hydrogen-bond acceptors (Lipinski definition) is 9. The first kappa shape index (κ1) is 34.4. The van der Waals surface area contributed by atoms with Crippen LogP contribution < -0.4 is 26.6 Å². The molecule has 1 saturated heterocycles. The molecule has 2 aromatic rings. The summed E-state index contributed by atoms with van der Waals surface area (Å²) >= 11 is 1.57. The predicted molar refractivity (Wildman–Crippen MR) is 169 cm³/mol. The van der Waals surface area contributed by atoms with Gasteiger partial charge in [-0.15, -0.1) is 11.8 Å². The molecule has 3 heterocycles. The Morgan fingerprint density at radius 1 is 1.05 bits per heavy atom. The number of piperidine rings is 1. The lowest BCUT2D eigenvalue weighted by molar-refractivity contribution is 0.0989. The number of allylic oxidation sites excluding steroid dienone is 3. The highest BCUT2D eigenvalue weighted by Crippen LogP contribution is 2.24. The lowest BCUT2D eigenvalue weighted by Gasteiger charge is -2.28. The number of rotatable bonds is 9. The third-order valence-corrected chi connectivity index (χ3v) is 6.84. The van der Waals surface area contributed by atoms with E-state index in [0.717, 1.165) is 49.0 Å². The molecular formula is C29H46N8O2S. The van der Waals surface area contributed by atoms with Crippen LogP contribution in [0.3, 0.4) is 0 Å². The first-order valence-corrected chi connectivity index (χ1v) is 14.8. The fourth-order valence-corrected chi connectivity index (χ4v) is 4.07. The molecule has 3 rings (SSSR count). The van der Waals surface area contributed by atoms with Gasteiger partial charge in [0.15, 0.2) is 11.5 Å². The summed E-state index contributed by atoms with van der Waals surface area (Å²) in [5, 5.41) is 4.16. The third kappa shape index (κ3) is 10.9. The topological polar surface area (TPSA) is 143 Å². The van der Waals surface area contributed by atoms with E-state index in [9.17, 15) is 9.59 Å². The maximum absolute atomic E-state index is 11.8. The molecule has 0 bridgehead atoms. The zero-order chi connectivity index (χ0) is 30.2. The Labute approximate surface area is 243 Å². The van der Waals surface area contributed by atoms with Crippen molar-refractivity contribution in [1.29, 1.82) is 0 Å². The van der Waals surface area contributed by atoms with E-state index in [1.54, 1.807) is 30.1 Å². The SMILES string of the molecule is CC.CC/C(C)=C(C)/C=C(/Nc1nc(N2CCCCC2)cnc1C(N)=O)SC.CN(C)c1ccc(C(N)=O)cn1. The molecular weight excluding hydrogens is 524 g/mol. The van der Waals surface area contributed by atoms with Gasteiger partial charge in [0.2, 0.25) is 5.91 Å². The van der Waals surface area contributed by atoms with Gasteiger partial charge in [0.25, 0.3) is 5.91 Å². The highest BCUT2D eigenvalue weighted by Gasteiger charge is 2.18. The number of hydrogen-bond donors (Lipinski definition) is 3. The highest BCUT2D eigenvalue weighted by molar-refractivity contribution is 8.02. The predicted octanol–water partition coefficient (Wildman–Crippen LogP) is 5.20. The number of carbonyl (C=O) groups is 2. The van der Waals surface area contributed by atoms with Crippen molar-refractivity contribution in [2.45, 2.75) is 60.3 Å². The first-order valence-electron chi connectivity index (χ1n) is 13.6. The Hall–Kier alpha value is -3.60. The van der Waals surface area contributed by atoms with Crippen molar-refractivity contribution in [2.24, 2.45) is 11.5 Å². The van der Waals surface area contributed by atoms with E-state index in [1.807, 2.05) is 39.1 Å². The molecule has 0 radical (unpaired) electrons. The summed E-state index contributed by atoms with van der Waals surface area (Å²) in [7, 11) is 3.76. The average Bonchev–Trinajstić information content (AvgIpc) is 2.97. The number of anilines is 3. The molecule has 0 saturated carbocycles. The van der Waals surface area contributed by atoms with Gasteiger partial charge in [-0.25, -0.2) is 15.0 Å². The molecule has 2 aromatic heterocycles. The normalized spacial score (nSPS) is 13.6. The smallest absolute Gasteiger partial charge is 0.271 e. The standard InChI is InChI=1S/C19H29N5OS.C8H11N3O.C2H6/c1-5-13(2)14(3)11-16(26-4)23-19-17(18(20)25)21-12-15(22-19)24-9-7-6-8-10-24;1-11(2)7-4-3-6(5-10-7)8(9)12;1-2/h11-12H,5-10H2,1-4H3,(H2,20,25)(H,22,23);3-5H,1-2H3,(H2,9,12);1-2H3/b14-13+,16-11-;;. The van der Waals surface area contributed by atoms with Gasteiger partial charge in [-0.1, -0.05) is 26.3 Å². The summed E-state index contributed by atoms with van der Waals surface area (Å²) in [5.74, 6) is 0.980. The molecule has 220 valence electrons. The number of carbonyl (C=O) groups excluding carboxylic acids is 2. The average molecular weight is 571 g/mol. The number of nitrogens with zero attached hydrogens (tertiary/aromatic N) is 5. The molecule has 0 unspecified atom stereocenters. The van der Waals surface area contributed by atoms with E-state index >= 15 is 0 Å². The number of primary amides is 2. The summed E-state index contributed by atoms with van der Waals surface area (Å²) in [5.41, 5.74) is 13.7. The van der Waals surface area contributed by atoms with Crippen molar-refractivity contribution in [3.63, 3.8) is 0 Å². The van der Waals surface area contributed by atoms with Crippen LogP contribution in [0.15, 0.2) is 46.8 Å². The number of thioether (sulfide) groups is 1. The third-order valence-electron chi connectivity index (χ3n) is 6.18. The zero-order valence-corrected chi connectivity index (χ0v) is 26.1. The van der Waals surface area contributed by atoms with Crippen molar-refractivity contribution < 1.29 is 9.59 Å². The van der Waals surface area contributed by atoms with Crippen molar-refractivity contribution in [3.8, 4) is 0 Å². The van der Waals surface area contributed by atoms with Crippen LogP contribution in [0.25, 0.3) is 0 Å². The molecule has 1 aliphatic rings. The highest BCUT2D eigenvalue weighted by atomic mass is 32.2. The quantitative estimate of drug-likeness (QED) is 0.346. The number of aromatic nitrogens is 3. The fraction of sp³-hybridized carbons (Fsp3) is 0.483. The van der Waals surface area contributed by atoms with Crippen LogP contribution >= 0.6 is 11.8 Å². The lowest BCUT2D eigenvalue weighted by Crippen LogP contribution is -2.31. The first-order chi connectivity index (χ1) is 19.1. The fourth-order valence-electron chi connectivity index (χ4n) is 3.58. The Morgan fingerprint density at radius 2 is 1.70 bits per heavy atom. The van der Waals surface area contributed by atoms with Gasteiger partial charge in [0, 0.05) is 33.4 Å². The monoisotopic (exact) mass is 570 g/mol. The van der Waals surface area contributed by atoms with Gasteiger partial charge in [0.05, 0.1) is 16.8 Å². The van der Waals surface area contributed by atoms with Gasteiger partial charge >= 0.3 is 0 Å². The maximum Gasteiger partial charge on any atom is 0.271 e. The molecule has 0 aliphatic carbocycles. The summed E-state index contributed by atoms with van der Waals surface area (Å²) in [6.45, 7) is 12.3. The second-order valence-corrected chi connectivity index (χ2v) is 10.0. The molecule has 1 aliphatic heterocycles. The Bertz CT molecular complexity index is 1160. The van der Waals surface area contributed by atoms with Gasteiger partial charge in [-0.05, 0) is 69.6 Å². The number of amides is 2. The number of nitrogens with two attached hydrogens (primary N) is 2. The minimum absolute atomic E-state index is 0.166. The molecule has 0 spiro atoms. The molecule has 2 amide bonds. The molecule has 10 nitrogen and oxygen atoms in total. The van der Waals surface area contributed by atoms with Crippen LogP contribution in [-0.2, 0) is 0 Å². The van der Waals surface area contributed by atoms with Crippen LogP contribution in [0, 0.1) is 0 Å². The van der Waals surface area contributed by atoms with E-state index < -0.39 is 11.8 Å². The summed E-state index contributed by atoms with van der Waals surface area (Å²) < 4.78 is 0.